The van der Waals surface area contributed by atoms with E-state index in [1.54, 1.807) is 11.3 Å². The zero-order valence-electron chi connectivity index (χ0n) is 11.6. The van der Waals surface area contributed by atoms with Gasteiger partial charge in [0.2, 0.25) is 5.91 Å². The molecule has 1 aliphatic rings. The number of rotatable bonds is 5. The molecular weight excluding hydrogens is 276 g/mol. The third-order valence-corrected chi connectivity index (χ3v) is 4.62. The molecule has 1 heterocycles. The third-order valence-electron chi connectivity index (χ3n) is 3.72. The summed E-state index contributed by atoms with van der Waals surface area (Å²) in [5, 5.41) is 4.69. The van der Waals surface area contributed by atoms with Gasteiger partial charge in [0.15, 0.2) is 0 Å². The van der Waals surface area contributed by atoms with E-state index in [1.165, 1.54) is 7.11 Å². The van der Waals surface area contributed by atoms with Crippen molar-refractivity contribution < 1.29 is 14.3 Å². The van der Waals surface area contributed by atoms with Crippen molar-refractivity contribution in [3.63, 3.8) is 0 Å². The third kappa shape index (κ3) is 3.37. The summed E-state index contributed by atoms with van der Waals surface area (Å²) in [5.74, 6) is -0.685. The Kier molecular flexibility index (Phi) is 4.77. The summed E-state index contributed by atoms with van der Waals surface area (Å²) in [4.78, 5) is 25.1. The molecule has 1 aromatic heterocycles. The van der Waals surface area contributed by atoms with Gasteiger partial charge in [-0.05, 0) is 24.3 Å². The fourth-order valence-corrected chi connectivity index (χ4v) is 3.25. The average Bonchev–Trinajstić information content (AvgIpc) is 3.09. The minimum absolute atomic E-state index is 0.248. The van der Waals surface area contributed by atoms with E-state index >= 15 is 0 Å². The standard InChI is InChI=1S/C14H20N2O3S/c1-19-12(17)11(9-10-5-4-8-20-10)16-13(18)14(15)6-2-3-7-14/h4-5,8,11H,2-3,6-7,9,15H2,1H3,(H,16,18)/t11-/m0/s1. The molecule has 20 heavy (non-hydrogen) atoms. The van der Waals surface area contributed by atoms with Crippen molar-refractivity contribution in [1.29, 1.82) is 0 Å². The highest BCUT2D eigenvalue weighted by Crippen LogP contribution is 2.27. The van der Waals surface area contributed by atoms with Crippen LogP contribution in [0.3, 0.4) is 0 Å². The molecule has 0 spiro atoms. The van der Waals surface area contributed by atoms with Gasteiger partial charge in [0.25, 0.3) is 0 Å². The van der Waals surface area contributed by atoms with Crippen molar-refractivity contribution in [2.45, 2.75) is 43.7 Å². The monoisotopic (exact) mass is 296 g/mol. The lowest BCUT2D eigenvalue weighted by molar-refractivity contribution is -0.145. The molecule has 1 aromatic rings. The highest BCUT2D eigenvalue weighted by Gasteiger charge is 2.39. The molecule has 1 atom stereocenters. The smallest absolute Gasteiger partial charge is 0.328 e. The van der Waals surface area contributed by atoms with Crippen molar-refractivity contribution in [3.8, 4) is 0 Å². The molecule has 1 fully saturated rings. The lowest BCUT2D eigenvalue weighted by Gasteiger charge is -2.25. The van der Waals surface area contributed by atoms with Gasteiger partial charge >= 0.3 is 5.97 Å². The first-order chi connectivity index (χ1) is 9.55. The lowest BCUT2D eigenvalue weighted by Crippen LogP contribution is -2.56. The molecule has 0 bridgehead atoms. The summed E-state index contributed by atoms with van der Waals surface area (Å²) in [6.07, 6.45) is 3.69. The highest BCUT2D eigenvalue weighted by molar-refractivity contribution is 7.09. The predicted octanol–water partition coefficient (Wildman–Crippen LogP) is 1.22. The number of methoxy groups -OCH3 is 1. The van der Waals surface area contributed by atoms with Crippen LogP contribution in [0.1, 0.15) is 30.6 Å². The Morgan fingerprint density at radius 2 is 2.20 bits per heavy atom. The Balaban J connectivity index is 2.03. The van der Waals surface area contributed by atoms with Gasteiger partial charge < -0.3 is 15.8 Å². The molecule has 110 valence electrons. The summed E-state index contributed by atoms with van der Waals surface area (Å²) in [6.45, 7) is 0. The molecule has 1 amide bonds. The van der Waals surface area contributed by atoms with Crippen LogP contribution in [0.15, 0.2) is 17.5 Å². The van der Waals surface area contributed by atoms with Gasteiger partial charge in [0.1, 0.15) is 6.04 Å². The summed E-state index contributed by atoms with van der Waals surface area (Å²) < 4.78 is 4.77. The van der Waals surface area contributed by atoms with Crippen LogP contribution >= 0.6 is 11.3 Å². The van der Waals surface area contributed by atoms with Crippen LogP contribution in [-0.4, -0.2) is 30.6 Å². The van der Waals surface area contributed by atoms with Gasteiger partial charge in [0, 0.05) is 11.3 Å². The molecule has 1 saturated carbocycles. The Hall–Kier alpha value is -1.40. The minimum atomic E-state index is -0.832. The first kappa shape index (κ1) is 15.0. The topological polar surface area (TPSA) is 81.4 Å². The van der Waals surface area contributed by atoms with E-state index in [-0.39, 0.29) is 5.91 Å². The number of amides is 1. The number of esters is 1. The molecule has 1 aliphatic carbocycles. The number of carbonyl (C=O) groups excluding carboxylic acids is 2. The van der Waals surface area contributed by atoms with Gasteiger partial charge in [-0.3, -0.25) is 4.79 Å². The average molecular weight is 296 g/mol. The summed E-state index contributed by atoms with van der Waals surface area (Å²) >= 11 is 1.55. The molecule has 5 nitrogen and oxygen atoms in total. The Morgan fingerprint density at radius 3 is 2.75 bits per heavy atom. The number of ether oxygens (including phenoxy) is 1. The van der Waals surface area contributed by atoms with Crippen LogP contribution < -0.4 is 11.1 Å². The van der Waals surface area contributed by atoms with Gasteiger partial charge in [-0.1, -0.05) is 18.9 Å². The van der Waals surface area contributed by atoms with E-state index in [2.05, 4.69) is 5.32 Å². The molecule has 0 unspecified atom stereocenters. The van der Waals surface area contributed by atoms with Gasteiger partial charge in [-0.25, -0.2) is 4.79 Å². The second kappa shape index (κ2) is 6.37. The highest BCUT2D eigenvalue weighted by atomic mass is 32.1. The Labute approximate surface area is 122 Å². The summed E-state index contributed by atoms with van der Waals surface area (Å²) in [7, 11) is 1.32. The molecule has 0 radical (unpaired) electrons. The summed E-state index contributed by atoms with van der Waals surface area (Å²) in [6, 6.07) is 3.17. The van der Waals surface area contributed by atoms with Crippen LogP contribution in [0.5, 0.6) is 0 Å². The zero-order valence-corrected chi connectivity index (χ0v) is 12.4. The van der Waals surface area contributed by atoms with Crippen molar-refractivity contribution in [1.82, 2.24) is 5.32 Å². The van der Waals surface area contributed by atoms with E-state index in [4.69, 9.17) is 10.5 Å². The second-order valence-electron chi connectivity index (χ2n) is 5.20. The van der Waals surface area contributed by atoms with Crippen LogP contribution in [0.4, 0.5) is 0 Å². The fraction of sp³-hybridized carbons (Fsp3) is 0.571. The van der Waals surface area contributed by atoms with E-state index in [0.29, 0.717) is 19.3 Å². The second-order valence-corrected chi connectivity index (χ2v) is 6.23. The SMILES string of the molecule is COC(=O)[C@H](Cc1cccs1)NC(=O)C1(N)CCCC1. The first-order valence-electron chi connectivity index (χ1n) is 6.75. The van der Waals surface area contributed by atoms with E-state index < -0.39 is 17.6 Å². The largest absolute Gasteiger partial charge is 0.467 e. The van der Waals surface area contributed by atoms with Crippen molar-refractivity contribution in [3.05, 3.63) is 22.4 Å². The van der Waals surface area contributed by atoms with Crippen LogP contribution in [0.25, 0.3) is 0 Å². The number of thiophene rings is 1. The van der Waals surface area contributed by atoms with E-state index in [9.17, 15) is 9.59 Å². The Bertz CT molecular complexity index is 467. The van der Waals surface area contributed by atoms with Crippen molar-refractivity contribution in [2.75, 3.05) is 7.11 Å². The normalized spacial score (nSPS) is 18.5. The van der Waals surface area contributed by atoms with Gasteiger partial charge in [-0.15, -0.1) is 11.3 Å². The number of hydrogen-bond donors (Lipinski definition) is 2. The molecule has 2 rings (SSSR count). The van der Waals surface area contributed by atoms with E-state index in [1.807, 2.05) is 17.5 Å². The molecule has 6 heteroatoms. The van der Waals surface area contributed by atoms with Crippen LogP contribution in [0.2, 0.25) is 0 Å². The zero-order chi connectivity index (χ0) is 14.6. The number of hydrogen-bond acceptors (Lipinski definition) is 5. The Morgan fingerprint density at radius 1 is 1.50 bits per heavy atom. The first-order valence-corrected chi connectivity index (χ1v) is 7.63. The maximum absolute atomic E-state index is 12.3. The fourth-order valence-electron chi connectivity index (χ4n) is 2.50. The molecule has 0 saturated heterocycles. The van der Waals surface area contributed by atoms with Crippen LogP contribution in [0, 0.1) is 0 Å². The predicted molar refractivity (Wildman–Crippen MR) is 77.4 cm³/mol. The number of carbonyl (C=O) groups is 2. The van der Waals surface area contributed by atoms with E-state index in [0.717, 1.165) is 17.7 Å². The molecule has 0 aromatic carbocycles. The minimum Gasteiger partial charge on any atom is -0.467 e. The number of nitrogens with one attached hydrogen (secondary N) is 1. The number of nitrogens with two attached hydrogens (primary N) is 1. The van der Waals surface area contributed by atoms with Crippen molar-refractivity contribution in [2.24, 2.45) is 5.73 Å². The van der Waals surface area contributed by atoms with Gasteiger partial charge in [-0.2, -0.15) is 0 Å². The maximum atomic E-state index is 12.3. The van der Waals surface area contributed by atoms with Gasteiger partial charge in [0.05, 0.1) is 12.6 Å². The molecule has 0 aliphatic heterocycles. The van der Waals surface area contributed by atoms with Crippen LogP contribution in [-0.2, 0) is 20.7 Å². The molecule has 3 N–H and O–H groups in total. The van der Waals surface area contributed by atoms with Crippen molar-refractivity contribution >= 4 is 23.2 Å². The summed E-state index contributed by atoms with van der Waals surface area (Å²) in [5.41, 5.74) is 5.27. The maximum Gasteiger partial charge on any atom is 0.328 e. The molecular formula is C14H20N2O3S. The quantitative estimate of drug-likeness (QED) is 0.801. The lowest BCUT2D eigenvalue weighted by atomic mass is 9.97.